The molecule has 1 saturated heterocycles. The lowest BCUT2D eigenvalue weighted by atomic mass is 10.2. The maximum Gasteiger partial charge on any atom is 0.241 e. The SMILES string of the molecule is Fc1ccc2nc(C3CCCN3Cc3nc(-c4ccco4)no3)[nH]c2c1. The van der Waals surface area contributed by atoms with Crippen LogP contribution in [0.3, 0.4) is 0 Å². The number of hydrogen-bond donors (Lipinski definition) is 1. The maximum atomic E-state index is 13.4. The average molecular weight is 353 g/mol. The minimum absolute atomic E-state index is 0.115. The fourth-order valence-corrected chi connectivity index (χ4v) is 3.48. The molecule has 0 spiro atoms. The second-order valence-electron chi connectivity index (χ2n) is 6.40. The topological polar surface area (TPSA) is 84.0 Å². The van der Waals surface area contributed by atoms with E-state index in [9.17, 15) is 4.39 Å². The van der Waals surface area contributed by atoms with E-state index in [-0.39, 0.29) is 11.9 Å². The van der Waals surface area contributed by atoms with Gasteiger partial charge in [-0.15, -0.1) is 0 Å². The first-order chi connectivity index (χ1) is 12.8. The van der Waals surface area contributed by atoms with Crippen LogP contribution in [-0.2, 0) is 6.54 Å². The highest BCUT2D eigenvalue weighted by Gasteiger charge is 2.30. The minimum atomic E-state index is -0.271. The highest BCUT2D eigenvalue weighted by Crippen LogP contribution is 2.32. The first kappa shape index (κ1) is 15.3. The van der Waals surface area contributed by atoms with E-state index in [2.05, 4.69) is 25.0 Å². The molecule has 1 unspecified atom stereocenters. The Morgan fingerprint density at radius 1 is 1.27 bits per heavy atom. The summed E-state index contributed by atoms with van der Waals surface area (Å²) in [5.74, 6) is 2.13. The van der Waals surface area contributed by atoms with Gasteiger partial charge in [-0.05, 0) is 49.7 Å². The molecule has 1 aliphatic heterocycles. The molecular formula is C18H16FN5O2. The second kappa shape index (κ2) is 6.06. The van der Waals surface area contributed by atoms with Crippen LogP contribution in [-0.4, -0.2) is 31.6 Å². The molecule has 0 aliphatic carbocycles. The number of likely N-dealkylation sites (tertiary alicyclic amines) is 1. The summed E-state index contributed by atoms with van der Waals surface area (Å²) in [4.78, 5) is 14.5. The van der Waals surface area contributed by atoms with Crippen LogP contribution >= 0.6 is 0 Å². The van der Waals surface area contributed by atoms with Crippen molar-refractivity contribution in [3.8, 4) is 11.6 Å². The van der Waals surface area contributed by atoms with Gasteiger partial charge in [0.1, 0.15) is 11.6 Å². The average Bonchev–Trinajstić information content (AvgIpc) is 3.41. The third-order valence-corrected chi connectivity index (χ3v) is 4.69. The van der Waals surface area contributed by atoms with Crippen molar-refractivity contribution in [3.63, 3.8) is 0 Å². The molecule has 1 aliphatic rings. The number of halogens is 1. The Morgan fingerprint density at radius 2 is 2.23 bits per heavy atom. The monoisotopic (exact) mass is 353 g/mol. The number of rotatable bonds is 4. The number of benzene rings is 1. The van der Waals surface area contributed by atoms with Crippen molar-refractivity contribution in [2.75, 3.05) is 6.54 Å². The molecule has 0 radical (unpaired) electrons. The summed E-state index contributed by atoms with van der Waals surface area (Å²) in [5.41, 5.74) is 1.48. The molecule has 26 heavy (non-hydrogen) atoms. The van der Waals surface area contributed by atoms with E-state index in [1.807, 2.05) is 0 Å². The predicted molar refractivity (Wildman–Crippen MR) is 90.4 cm³/mol. The van der Waals surface area contributed by atoms with E-state index in [1.165, 1.54) is 12.1 Å². The molecular weight excluding hydrogens is 337 g/mol. The maximum absolute atomic E-state index is 13.4. The van der Waals surface area contributed by atoms with E-state index in [4.69, 9.17) is 8.94 Å². The third-order valence-electron chi connectivity index (χ3n) is 4.69. The van der Waals surface area contributed by atoms with Gasteiger partial charge in [0.25, 0.3) is 0 Å². The molecule has 132 valence electrons. The lowest BCUT2D eigenvalue weighted by Crippen LogP contribution is -2.23. The number of imidazole rings is 1. The number of H-pyrrole nitrogens is 1. The Labute approximate surface area is 147 Å². The van der Waals surface area contributed by atoms with E-state index >= 15 is 0 Å². The van der Waals surface area contributed by atoms with Crippen LogP contribution in [0.25, 0.3) is 22.6 Å². The number of aromatic nitrogens is 4. The van der Waals surface area contributed by atoms with Gasteiger partial charge in [0.05, 0.1) is 29.9 Å². The van der Waals surface area contributed by atoms with Gasteiger partial charge in [-0.2, -0.15) is 4.98 Å². The van der Waals surface area contributed by atoms with Crippen molar-refractivity contribution >= 4 is 11.0 Å². The zero-order chi connectivity index (χ0) is 17.5. The number of hydrogen-bond acceptors (Lipinski definition) is 6. The van der Waals surface area contributed by atoms with Crippen LogP contribution in [0, 0.1) is 5.82 Å². The molecule has 4 aromatic rings. The second-order valence-corrected chi connectivity index (χ2v) is 6.40. The van der Waals surface area contributed by atoms with Crippen molar-refractivity contribution in [2.45, 2.75) is 25.4 Å². The Hall–Kier alpha value is -3.00. The van der Waals surface area contributed by atoms with Gasteiger partial charge in [-0.25, -0.2) is 9.37 Å². The molecule has 1 aromatic carbocycles. The number of fused-ring (bicyclic) bond motifs is 1. The first-order valence-electron chi connectivity index (χ1n) is 8.52. The fraction of sp³-hybridized carbons (Fsp3) is 0.278. The van der Waals surface area contributed by atoms with Crippen LogP contribution in [0.15, 0.2) is 45.5 Å². The molecule has 1 N–H and O–H groups in total. The molecule has 5 rings (SSSR count). The first-order valence-corrected chi connectivity index (χ1v) is 8.52. The quantitative estimate of drug-likeness (QED) is 0.602. The summed E-state index contributed by atoms with van der Waals surface area (Å²) < 4.78 is 24.1. The molecule has 0 amide bonds. The van der Waals surface area contributed by atoms with Gasteiger partial charge in [-0.1, -0.05) is 5.16 Å². The van der Waals surface area contributed by atoms with Crippen molar-refractivity contribution < 1.29 is 13.3 Å². The van der Waals surface area contributed by atoms with Crippen LogP contribution in [0.2, 0.25) is 0 Å². The summed E-state index contributed by atoms with van der Waals surface area (Å²) >= 11 is 0. The van der Waals surface area contributed by atoms with Crippen LogP contribution < -0.4 is 0 Å². The highest BCUT2D eigenvalue weighted by molar-refractivity contribution is 5.75. The van der Waals surface area contributed by atoms with Gasteiger partial charge in [-0.3, -0.25) is 4.90 Å². The van der Waals surface area contributed by atoms with Gasteiger partial charge in [0, 0.05) is 0 Å². The van der Waals surface area contributed by atoms with Crippen LogP contribution in [0.5, 0.6) is 0 Å². The summed E-state index contributed by atoms with van der Waals surface area (Å²) in [7, 11) is 0. The largest absolute Gasteiger partial charge is 0.461 e. The zero-order valence-corrected chi connectivity index (χ0v) is 13.9. The molecule has 1 fully saturated rings. The summed E-state index contributed by atoms with van der Waals surface area (Å²) in [6.45, 7) is 1.44. The van der Waals surface area contributed by atoms with E-state index in [0.717, 1.165) is 30.7 Å². The Balaban J connectivity index is 1.38. The number of nitrogens with zero attached hydrogens (tertiary/aromatic N) is 4. The summed E-state index contributed by atoms with van der Waals surface area (Å²) in [6.07, 6.45) is 3.60. The summed E-state index contributed by atoms with van der Waals surface area (Å²) in [6, 6.07) is 8.28. The fourth-order valence-electron chi connectivity index (χ4n) is 3.48. The lowest BCUT2D eigenvalue weighted by molar-refractivity contribution is 0.207. The molecule has 8 heteroatoms. The lowest BCUT2D eigenvalue weighted by Gasteiger charge is -2.20. The molecule has 0 bridgehead atoms. The van der Waals surface area contributed by atoms with Gasteiger partial charge in [0.15, 0.2) is 5.76 Å². The third kappa shape index (κ3) is 2.68. The smallest absolute Gasteiger partial charge is 0.241 e. The van der Waals surface area contributed by atoms with Crippen molar-refractivity contribution in [3.05, 3.63) is 54.1 Å². The minimum Gasteiger partial charge on any atom is -0.461 e. The van der Waals surface area contributed by atoms with Crippen LogP contribution in [0.4, 0.5) is 4.39 Å². The van der Waals surface area contributed by atoms with Gasteiger partial charge >= 0.3 is 0 Å². The molecule has 3 aromatic heterocycles. The van der Waals surface area contributed by atoms with Crippen LogP contribution in [0.1, 0.15) is 30.6 Å². The van der Waals surface area contributed by atoms with E-state index in [1.54, 1.807) is 24.5 Å². The zero-order valence-electron chi connectivity index (χ0n) is 13.9. The normalized spacial score (nSPS) is 18.1. The predicted octanol–water partition coefficient (Wildman–Crippen LogP) is 3.68. The summed E-state index contributed by atoms with van der Waals surface area (Å²) in [5, 5.41) is 3.97. The molecule has 4 heterocycles. The Morgan fingerprint density at radius 3 is 3.12 bits per heavy atom. The van der Waals surface area contributed by atoms with Gasteiger partial charge in [0.2, 0.25) is 11.7 Å². The molecule has 0 saturated carbocycles. The number of nitrogens with one attached hydrogen (secondary N) is 1. The Bertz CT molecular complexity index is 1040. The number of furan rings is 1. The van der Waals surface area contributed by atoms with Crippen molar-refractivity contribution in [1.82, 2.24) is 25.0 Å². The van der Waals surface area contributed by atoms with Crippen molar-refractivity contribution in [2.24, 2.45) is 0 Å². The molecule has 7 nitrogen and oxygen atoms in total. The van der Waals surface area contributed by atoms with E-state index in [0.29, 0.717) is 29.5 Å². The standard InChI is InChI=1S/C18H16FN5O2/c19-11-5-6-12-13(9-11)21-17(20-12)14-3-1-7-24(14)10-16-22-18(23-26-16)15-4-2-8-25-15/h2,4-6,8-9,14H,1,3,7,10H2,(H,20,21). The molecule has 1 atom stereocenters. The number of aromatic amines is 1. The van der Waals surface area contributed by atoms with Crippen molar-refractivity contribution in [1.29, 1.82) is 0 Å². The van der Waals surface area contributed by atoms with Gasteiger partial charge < -0.3 is 13.9 Å². The Kier molecular flexibility index (Phi) is 3.56. The highest BCUT2D eigenvalue weighted by atomic mass is 19.1. The van der Waals surface area contributed by atoms with E-state index < -0.39 is 0 Å².